The molecule has 1 aliphatic heterocycles. The van der Waals surface area contributed by atoms with Crippen molar-refractivity contribution in [3.63, 3.8) is 0 Å². The highest BCUT2D eigenvalue weighted by atomic mass is 32.2. The lowest BCUT2D eigenvalue weighted by Gasteiger charge is -2.12. The summed E-state index contributed by atoms with van der Waals surface area (Å²) in [5.41, 5.74) is 0.531. The predicted molar refractivity (Wildman–Crippen MR) is 60.5 cm³/mol. The van der Waals surface area contributed by atoms with Gasteiger partial charge in [-0.2, -0.15) is 0 Å². The highest BCUT2D eigenvalue weighted by molar-refractivity contribution is 7.88. The second kappa shape index (κ2) is 4.71. The van der Waals surface area contributed by atoms with Gasteiger partial charge in [0, 0.05) is 19.6 Å². The van der Waals surface area contributed by atoms with Gasteiger partial charge in [0.2, 0.25) is 10.0 Å². The molecule has 1 aromatic rings. The van der Waals surface area contributed by atoms with Crippen molar-refractivity contribution in [3.05, 3.63) is 11.9 Å². The molecule has 1 atom stereocenters. The summed E-state index contributed by atoms with van der Waals surface area (Å²) in [5.74, 6) is 0.262. The Balaban J connectivity index is 1.94. The zero-order chi connectivity index (χ0) is 12.5. The number of nitrogens with zero attached hydrogens (tertiary/aromatic N) is 4. The summed E-state index contributed by atoms with van der Waals surface area (Å²) in [7, 11) is -3.08. The molecule has 2 heterocycles. The molecule has 0 aliphatic carbocycles. The Labute approximate surface area is 100 Å². The maximum atomic E-state index is 11.3. The van der Waals surface area contributed by atoms with Gasteiger partial charge in [-0.1, -0.05) is 5.21 Å². The first-order valence-electron chi connectivity index (χ1n) is 5.44. The first kappa shape index (κ1) is 12.5. The molecule has 1 fully saturated rings. The van der Waals surface area contributed by atoms with Gasteiger partial charge in [-0.15, -0.1) is 5.10 Å². The number of aliphatic hydroxyl groups is 1. The highest BCUT2D eigenvalue weighted by Gasteiger charge is 2.28. The second-order valence-corrected chi connectivity index (χ2v) is 6.35. The Bertz CT molecular complexity index is 484. The van der Waals surface area contributed by atoms with Crippen LogP contribution in [0.2, 0.25) is 0 Å². The normalized spacial score (nSPS) is 22.1. The van der Waals surface area contributed by atoms with Crippen LogP contribution in [0.15, 0.2) is 6.20 Å². The molecule has 0 aromatic carbocycles. The molecule has 17 heavy (non-hydrogen) atoms. The van der Waals surface area contributed by atoms with Gasteiger partial charge in [-0.05, 0) is 12.3 Å². The zero-order valence-corrected chi connectivity index (χ0v) is 10.5. The molecule has 0 spiro atoms. The minimum absolute atomic E-state index is 0.125. The number of hydrogen-bond acceptors (Lipinski definition) is 5. The minimum Gasteiger partial charge on any atom is -0.390 e. The first-order valence-corrected chi connectivity index (χ1v) is 7.29. The summed E-state index contributed by atoms with van der Waals surface area (Å²) in [6.07, 6.45) is 3.75. The van der Waals surface area contributed by atoms with Crippen molar-refractivity contribution >= 4 is 10.0 Å². The van der Waals surface area contributed by atoms with E-state index in [0.717, 1.165) is 6.42 Å². The Hall–Kier alpha value is -0.990. The van der Waals surface area contributed by atoms with Crippen LogP contribution in [0.4, 0.5) is 0 Å². The lowest BCUT2D eigenvalue weighted by atomic mass is 10.1. The van der Waals surface area contributed by atoms with E-state index in [-0.39, 0.29) is 12.5 Å². The SMILES string of the molecule is CS(=O)(=O)N1CC[C@@H](Cn2cc(CO)nn2)C1. The van der Waals surface area contributed by atoms with Crippen molar-refractivity contribution in [1.29, 1.82) is 0 Å². The molecule has 1 aromatic heterocycles. The van der Waals surface area contributed by atoms with Gasteiger partial charge < -0.3 is 5.11 Å². The Morgan fingerprint density at radius 3 is 2.88 bits per heavy atom. The second-order valence-electron chi connectivity index (χ2n) is 4.37. The van der Waals surface area contributed by atoms with Crippen LogP contribution in [-0.2, 0) is 23.2 Å². The van der Waals surface area contributed by atoms with Crippen molar-refractivity contribution in [1.82, 2.24) is 19.3 Å². The van der Waals surface area contributed by atoms with Gasteiger partial charge in [0.15, 0.2) is 0 Å². The van der Waals surface area contributed by atoms with Gasteiger partial charge in [0.1, 0.15) is 5.69 Å². The van der Waals surface area contributed by atoms with Crippen LogP contribution in [0.5, 0.6) is 0 Å². The molecule has 2 rings (SSSR count). The van der Waals surface area contributed by atoms with E-state index in [4.69, 9.17) is 5.11 Å². The smallest absolute Gasteiger partial charge is 0.211 e. The lowest BCUT2D eigenvalue weighted by Crippen LogP contribution is -2.28. The molecule has 1 N–H and O–H groups in total. The highest BCUT2D eigenvalue weighted by Crippen LogP contribution is 2.20. The summed E-state index contributed by atoms with van der Waals surface area (Å²) in [4.78, 5) is 0. The molecule has 0 bridgehead atoms. The van der Waals surface area contributed by atoms with E-state index in [1.165, 1.54) is 10.6 Å². The Kier molecular flexibility index (Phi) is 3.45. The van der Waals surface area contributed by atoms with E-state index in [9.17, 15) is 8.42 Å². The quantitative estimate of drug-likeness (QED) is 0.754. The molecule has 7 nitrogen and oxygen atoms in total. The number of hydrogen-bond donors (Lipinski definition) is 1. The van der Waals surface area contributed by atoms with Crippen molar-refractivity contribution < 1.29 is 13.5 Å². The van der Waals surface area contributed by atoms with Crippen LogP contribution in [0.3, 0.4) is 0 Å². The first-order chi connectivity index (χ1) is 7.99. The van der Waals surface area contributed by atoms with Crippen molar-refractivity contribution in [3.8, 4) is 0 Å². The number of sulfonamides is 1. The molecule has 1 saturated heterocycles. The molecule has 1 aliphatic rings. The third kappa shape index (κ3) is 3.02. The summed E-state index contributed by atoms with van der Waals surface area (Å²) in [6, 6.07) is 0. The summed E-state index contributed by atoms with van der Waals surface area (Å²) >= 11 is 0. The molecule has 0 unspecified atom stereocenters. The Morgan fingerprint density at radius 2 is 2.35 bits per heavy atom. The van der Waals surface area contributed by atoms with Gasteiger partial charge >= 0.3 is 0 Å². The van der Waals surface area contributed by atoms with Gasteiger partial charge in [0.05, 0.1) is 19.1 Å². The summed E-state index contributed by atoms with van der Waals surface area (Å²) in [6.45, 7) is 1.62. The molecule has 0 amide bonds. The lowest BCUT2D eigenvalue weighted by molar-refractivity contribution is 0.276. The number of aromatic nitrogens is 3. The van der Waals surface area contributed by atoms with Crippen LogP contribution in [-0.4, -0.2) is 52.2 Å². The molecule has 96 valence electrons. The van der Waals surface area contributed by atoms with Crippen LogP contribution < -0.4 is 0 Å². The summed E-state index contributed by atoms with van der Waals surface area (Å²) < 4.78 is 25.8. The monoisotopic (exact) mass is 260 g/mol. The topological polar surface area (TPSA) is 88.3 Å². The molecule has 8 heteroatoms. The van der Waals surface area contributed by atoms with Crippen molar-refractivity contribution in [2.24, 2.45) is 5.92 Å². The minimum atomic E-state index is -3.08. The fourth-order valence-corrected chi connectivity index (χ4v) is 2.93. The van der Waals surface area contributed by atoms with Crippen molar-refractivity contribution in [2.45, 2.75) is 19.6 Å². The van der Waals surface area contributed by atoms with E-state index in [1.807, 2.05) is 0 Å². The maximum Gasteiger partial charge on any atom is 0.211 e. The standard InChI is InChI=1S/C9H16N4O3S/c1-17(15,16)13-3-2-8(5-13)4-12-6-9(7-14)10-11-12/h6,8,14H,2-5,7H2,1H3/t8-/m0/s1. The molecular weight excluding hydrogens is 244 g/mol. The van der Waals surface area contributed by atoms with E-state index in [1.54, 1.807) is 10.9 Å². The maximum absolute atomic E-state index is 11.3. The average molecular weight is 260 g/mol. The van der Waals surface area contributed by atoms with Gasteiger partial charge in [-0.3, -0.25) is 4.68 Å². The third-order valence-corrected chi connectivity index (χ3v) is 4.18. The Morgan fingerprint density at radius 1 is 1.59 bits per heavy atom. The fraction of sp³-hybridized carbons (Fsp3) is 0.778. The van der Waals surface area contributed by atoms with Crippen LogP contribution >= 0.6 is 0 Å². The third-order valence-electron chi connectivity index (χ3n) is 2.91. The molecule has 0 radical (unpaired) electrons. The van der Waals surface area contributed by atoms with Crippen LogP contribution in [0.25, 0.3) is 0 Å². The average Bonchev–Trinajstić information content (AvgIpc) is 2.86. The van der Waals surface area contributed by atoms with E-state index in [2.05, 4.69) is 10.3 Å². The van der Waals surface area contributed by atoms with Gasteiger partial charge in [-0.25, -0.2) is 12.7 Å². The van der Waals surface area contributed by atoms with E-state index >= 15 is 0 Å². The van der Waals surface area contributed by atoms with Crippen LogP contribution in [0.1, 0.15) is 12.1 Å². The largest absolute Gasteiger partial charge is 0.390 e. The number of aliphatic hydroxyl groups excluding tert-OH is 1. The summed E-state index contributed by atoms with van der Waals surface area (Å²) in [5, 5.41) is 16.5. The fourth-order valence-electron chi connectivity index (χ4n) is 2.01. The number of rotatable bonds is 4. The van der Waals surface area contributed by atoms with Gasteiger partial charge in [0.25, 0.3) is 0 Å². The molecular formula is C9H16N4O3S. The van der Waals surface area contributed by atoms with E-state index in [0.29, 0.717) is 25.3 Å². The zero-order valence-electron chi connectivity index (χ0n) is 9.65. The predicted octanol–water partition coefficient (Wildman–Crippen LogP) is -0.948. The van der Waals surface area contributed by atoms with E-state index < -0.39 is 10.0 Å². The van der Waals surface area contributed by atoms with Crippen molar-refractivity contribution in [2.75, 3.05) is 19.3 Å². The molecule has 0 saturated carbocycles. The van der Waals surface area contributed by atoms with Crippen LogP contribution in [0, 0.1) is 5.92 Å².